The van der Waals surface area contributed by atoms with Crippen LogP contribution in [0.4, 0.5) is 11.4 Å². The van der Waals surface area contributed by atoms with Gasteiger partial charge in [0.2, 0.25) is 0 Å². The van der Waals surface area contributed by atoms with Crippen molar-refractivity contribution < 1.29 is 24.0 Å². The highest BCUT2D eigenvalue weighted by atomic mass is 35.5. The van der Waals surface area contributed by atoms with Gasteiger partial charge in [0.15, 0.2) is 6.61 Å². The number of hydrogen-bond donors (Lipinski definition) is 1. The van der Waals surface area contributed by atoms with Crippen LogP contribution in [0.5, 0.6) is 5.75 Å². The Morgan fingerprint density at radius 3 is 2.56 bits per heavy atom. The van der Waals surface area contributed by atoms with E-state index >= 15 is 0 Å². The molecule has 0 aromatic heterocycles. The van der Waals surface area contributed by atoms with E-state index in [0.717, 1.165) is 0 Å². The zero-order chi connectivity index (χ0) is 18.8. The van der Waals surface area contributed by atoms with E-state index in [-0.39, 0.29) is 17.8 Å². The van der Waals surface area contributed by atoms with Crippen LogP contribution in [0.25, 0.3) is 0 Å². The van der Waals surface area contributed by atoms with Crippen LogP contribution >= 0.6 is 23.2 Å². The second kappa shape index (κ2) is 7.05. The average Bonchev–Trinajstić information content (AvgIpc) is 3.06. The first-order chi connectivity index (χ1) is 11.6. The molecule has 1 atom stereocenters. The van der Waals surface area contributed by atoms with Crippen molar-refractivity contribution in [2.45, 2.75) is 24.6 Å². The summed E-state index contributed by atoms with van der Waals surface area (Å²) >= 11 is 11.7. The Balaban J connectivity index is 1.98. The number of anilines is 1. The molecule has 25 heavy (non-hydrogen) atoms. The molecule has 0 unspecified atom stereocenters. The number of nitro benzene ring substituents is 1. The van der Waals surface area contributed by atoms with Crippen molar-refractivity contribution in [1.29, 1.82) is 0 Å². The second-order valence-electron chi connectivity index (χ2n) is 5.71. The van der Waals surface area contributed by atoms with Gasteiger partial charge >= 0.3 is 5.97 Å². The third-order valence-corrected chi connectivity index (χ3v) is 4.90. The topological polar surface area (TPSA) is 108 Å². The predicted octanol–water partition coefficient (Wildman–Crippen LogP) is 3.06. The van der Waals surface area contributed by atoms with Crippen LogP contribution in [0.2, 0.25) is 0 Å². The third kappa shape index (κ3) is 4.13. The van der Waals surface area contributed by atoms with Gasteiger partial charge in [-0.3, -0.25) is 19.7 Å². The number of esters is 1. The summed E-state index contributed by atoms with van der Waals surface area (Å²) in [5.74, 6) is -1.12. The SMILES string of the molecule is CCOc1ccc(NC(=O)COC(=O)[C@]2(C)CC2(Cl)Cl)c([N+](=O)[O-])c1. The van der Waals surface area contributed by atoms with Crippen LogP contribution in [0.1, 0.15) is 20.3 Å². The minimum Gasteiger partial charge on any atom is -0.494 e. The highest BCUT2D eigenvalue weighted by Gasteiger charge is 2.69. The second-order valence-corrected chi connectivity index (χ2v) is 7.19. The predicted molar refractivity (Wildman–Crippen MR) is 91.0 cm³/mol. The number of carbonyl (C=O) groups is 2. The molecule has 1 N–H and O–H groups in total. The lowest BCUT2D eigenvalue weighted by atomic mass is 10.1. The molecule has 0 saturated heterocycles. The van der Waals surface area contributed by atoms with Gasteiger partial charge in [0, 0.05) is 6.42 Å². The van der Waals surface area contributed by atoms with Crippen molar-refractivity contribution in [2.24, 2.45) is 5.41 Å². The van der Waals surface area contributed by atoms with Gasteiger partial charge in [-0.2, -0.15) is 0 Å². The largest absolute Gasteiger partial charge is 0.494 e. The number of nitrogens with zero attached hydrogens (tertiary/aromatic N) is 1. The number of carbonyl (C=O) groups excluding carboxylic acids is 2. The maximum absolute atomic E-state index is 11.9. The Labute approximate surface area is 153 Å². The Morgan fingerprint density at radius 1 is 1.40 bits per heavy atom. The molecule has 10 heteroatoms. The third-order valence-electron chi connectivity index (χ3n) is 3.79. The molecular formula is C15H16Cl2N2O6. The van der Waals surface area contributed by atoms with E-state index in [2.05, 4.69) is 5.32 Å². The number of nitro groups is 1. The molecule has 1 aliphatic carbocycles. The van der Waals surface area contributed by atoms with Crippen LogP contribution in [0.3, 0.4) is 0 Å². The van der Waals surface area contributed by atoms with Crippen molar-refractivity contribution in [3.63, 3.8) is 0 Å². The number of ether oxygens (including phenoxy) is 2. The Hall–Kier alpha value is -2.06. The van der Waals surface area contributed by atoms with Gasteiger partial charge in [0.1, 0.15) is 21.2 Å². The fourth-order valence-electron chi connectivity index (χ4n) is 2.12. The summed E-state index contributed by atoms with van der Waals surface area (Å²) in [4.78, 5) is 34.3. The van der Waals surface area contributed by atoms with Crippen molar-refractivity contribution in [3.8, 4) is 5.75 Å². The van der Waals surface area contributed by atoms with Gasteiger partial charge in [0.25, 0.3) is 11.6 Å². The van der Waals surface area contributed by atoms with Crippen LogP contribution in [0.15, 0.2) is 18.2 Å². The summed E-state index contributed by atoms with van der Waals surface area (Å²) in [5, 5.41) is 13.5. The number of hydrogen-bond acceptors (Lipinski definition) is 6. The normalized spacial score (nSPS) is 20.5. The van der Waals surface area contributed by atoms with Crippen LogP contribution < -0.4 is 10.1 Å². The van der Waals surface area contributed by atoms with E-state index in [1.165, 1.54) is 25.1 Å². The zero-order valence-electron chi connectivity index (χ0n) is 13.5. The van der Waals surface area contributed by atoms with E-state index in [1.54, 1.807) is 6.92 Å². The maximum atomic E-state index is 11.9. The number of halogens is 2. The van der Waals surface area contributed by atoms with E-state index in [9.17, 15) is 19.7 Å². The number of amides is 1. The summed E-state index contributed by atoms with van der Waals surface area (Å²) in [7, 11) is 0. The molecule has 0 spiro atoms. The number of benzene rings is 1. The van der Waals surface area contributed by atoms with Crippen molar-refractivity contribution in [3.05, 3.63) is 28.3 Å². The van der Waals surface area contributed by atoms with E-state index < -0.39 is 33.2 Å². The minimum absolute atomic E-state index is 0.0313. The average molecular weight is 391 g/mol. The molecule has 1 amide bonds. The molecule has 1 aromatic rings. The number of alkyl halides is 2. The van der Waals surface area contributed by atoms with Gasteiger partial charge in [-0.1, -0.05) is 0 Å². The van der Waals surface area contributed by atoms with E-state index in [1.807, 2.05) is 0 Å². The van der Waals surface area contributed by atoms with E-state index in [4.69, 9.17) is 32.7 Å². The Kier molecular flexibility index (Phi) is 5.43. The summed E-state index contributed by atoms with van der Waals surface area (Å²) in [6, 6.07) is 4.03. The number of nitrogens with one attached hydrogen (secondary N) is 1. The van der Waals surface area contributed by atoms with Crippen molar-refractivity contribution in [1.82, 2.24) is 0 Å². The molecule has 1 fully saturated rings. The lowest BCUT2D eigenvalue weighted by molar-refractivity contribution is -0.384. The highest BCUT2D eigenvalue weighted by Crippen LogP contribution is 2.64. The number of rotatable bonds is 7. The smallest absolute Gasteiger partial charge is 0.315 e. The summed E-state index contributed by atoms with van der Waals surface area (Å²) in [6.45, 7) is 3.01. The van der Waals surface area contributed by atoms with Crippen molar-refractivity contribution in [2.75, 3.05) is 18.5 Å². The fraction of sp³-hybridized carbons (Fsp3) is 0.467. The lowest BCUT2D eigenvalue weighted by Gasteiger charge is -2.12. The van der Waals surface area contributed by atoms with Crippen LogP contribution in [0, 0.1) is 15.5 Å². The monoisotopic (exact) mass is 390 g/mol. The molecule has 1 aromatic carbocycles. The van der Waals surface area contributed by atoms with Gasteiger partial charge in [-0.15, -0.1) is 23.2 Å². The molecule has 8 nitrogen and oxygen atoms in total. The fourth-order valence-corrected chi connectivity index (χ4v) is 2.81. The molecular weight excluding hydrogens is 375 g/mol. The Bertz CT molecular complexity index is 724. The van der Waals surface area contributed by atoms with Gasteiger partial charge in [-0.25, -0.2) is 0 Å². The first-order valence-corrected chi connectivity index (χ1v) is 8.12. The molecule has 136 valence electrons. The summed E-state index contributed by atoms with van der Waals surface area (Å²) in [6.07, 6.45) is 0.230. The summed E-state index contributed by atoms with van der Waals surface area (Å²) in [5.41, 5.74) is -1.42. The summed E-state index contributed by atoms with van der Waals surface area (Å²) < 4.78 is 8.87. The minimum atomic E-state index is -1.20. The van der Waals surface area contributed by atoms with Gasteiger partial charge in [-0.05, 0) is 26.0 Å². The van der Waals surface area contributed by atoms with Gasteiger partial charge in [0.05, 0.1) is 17.6 Å². The lowest BCUT2D eigenvalue weighted by Crippen LogP contribution is -2.27. The molecule has 1 saturated carbocycles. The first kappa shape index (κ1) is 19.3. The van der Waals surface area contributed by atoms with Gasteiger partial charge < -0.3 is 14.8 Å². The van der Waals surface area contributed by atoms with Crippen LogP contribution in [-0.2, 0) is 14.3 Å². The molecule has 0 heterocycles. The standard InChI is InChI=1S/C15H16Cl2N2O6/c1-3-24-9-4-5-10(11(6-9)19(22)23)18-12(20)7-25-13(21)14(2)8-15(14,16)17/h4-6H,3,7-8H2,1-2H3,(H,18,20)/t14-/m0/s1. The first-order valence-electron chi connectivity index (χ1n) is 7.37. The highest BCUT2D eigenvalue weighted by molar-refractivity contribution is 6.53. The van der Waals surface area contributed by atoms with Crippen LogP contribution in [-0.4, -0.2) is 34.3 Å². The molecule has 0 radical (unpaired) electrons. The van der Waals surface area contributed by atoms with Crippen molar-refractivity contribution >= 4 is 46.5 Å². The molecule has 0 bridgehead atoms. The Morgan fingerprint density at radius 2 is 2.04 bits per heavy atom. The zero-order valence-corrected chi connectivity index (χ0v) is 15.0. The molecule has 1 aliphatic rings. The molecule has 0 aliphatic heterocycles. The quantitative estimate of drug-likeness (QED) is 0.331. The maximum Gasteiger partial charge on any atom is 0.315 e. The van der Waals surface area contributed by atoms with E-state index in [0.29, 0.717) is 12.4 Å². The molecule has 2 rings (SSSR count).